The lowest BCUT2D eigenvalue weighted by Gasteiger charge is -2.06. The van der Waals surface area contributed by atoms with Crippen molar-refractivity contribution in [3.05, 3.63) is 27.9 Å². The van der Waals surface area contributed by atoms with Crippen LogP contribution in [-0.4, -0.2) is 18.1 Å². The van der Waals surface area contributed by atoms with Crippen molar-refractivity contribution >= 4 is 26.8 Å². The van der Waals surface area contributed by atoms with Crippen molar-refractivity contribution < 1.29 is 4.74 Å². The number of aryl methyl sites for hydroxylation is 1. The first kappa shape index (κ1) is 13.4. The number of benzene rings is 1. The number of hydrogen-bond donors (Lipinski definition) is 2. The molecule has 18 heavy (non-hydrogen) atoms. The van der Waals surface area contributed by atoms with Gasteiger partial charge in [0, 0.05) is 28.1 Å². The highest BCUT2D eigenvalue weighted by molar-refractivity contribution is 9.10. The normalized spacial score (nSPS) is 11.4. The SMILES string of the molecule is COc1ccc(C)c2c(Br)c(CNC(C)C)[nH]c12. The maximum atomic E-state index is 5.40. The van der Waals surface area contributed by atoms with Crippen LogP contribution in [0.25, 0.3) is 10.9 Å². The Balaban J connectivity index is 2.51. The molecule has 0 spiro atoms. The van der Waals surface area contributed by atoms with Gasteiger partial charge in [0.05, 0.1) is 12.6 Å². The number of ether oxygens (including phenoxy) is 1. The molecule has 3 nitrogen and oxygen atoms in total. The number of methoxy groups -OCH3 is 1. The molecule has 2 rings (SSSR count). The van der Waals surface area contributed by atoms with Gasteiger partial charge in [-0.05, 0) is 34.5 Å². The quantitative estimate of drug-likeness (QED) is 0.902. The molecule has 2 N–H and O–H groups in total. The monoisotopic (exact) mass is 310 g/mol. The largest absolute Gasteiger partial charge is 0.495 e. The molecule has 0 radical (unpaired) electrons. The highest BCUT2D eigenvalue weighted by Gasteiger charge is 2.14. The van der Waals surface area contributed by atoms with Crippen LogP contribution in [0.2, 0.25) is 0 Å². The van der Waals surface area contributed by atoms with Crippen molar-refractivity contribution in [1.82, 2.24) is 10.3 Å². The van der Waals surface area contributed by atoms with E-state index in [9.17, 15) is 0 Å². The summed E-state index contributed by atoms with van der Waals surface area (Å²) in [6.07, 6.45) is 0. The third-order valence-electron chi connectivity index (χ3n) is 3.04. The number of fused-ring (bicyclic) bond motifs is 1. The maximum absolute atomic E-state index is 5.40. The first-order chi connectivity index (χ1) is 8.54. The minimum Gasteiger partial charge on any atom is -0.495 e. The number of nitrogens with one attached hydrogen (secondary N) is 2. The summed E-state index contributed by atoms with van der Waals surface area (Å²) in [5.41, 5.74) is 3.46. The van der Waals surface area contributed by atoms with Gasteiger partial charge in [-0.25, -0.2) is 0 Å². The van der Waals surface area contributed by atoms with Gasteiger partial charge in [-0.3, -0.25) is 0 Å². The van der Waals surface area contributed by atoms with Crippen molar-refractivity contribution in [2.45, 2.75) is 33.4 Å². The van der Waals surface area contributed by atoms with Crippen molar-refractivity contribution in [2.75, 3.05) is 7.11 Å². The molecule has 98 valence electrons. The summed E-state index contributed by atoms with van der Waals surface area (Å²) in [6, 6.07) is 4.55. The van der Waals surface area contributed by atoms with E-state index < -0.39 is 0 Å². The van der Waals surface area contributed by atoms with Gasteiger partial charge >= 0.3 is 0 Å². The second kappa shape index (κ2) is 5.33. The Morgan fingerprint density at radius 2 is 2.11 bits per heavy atom. The smallest absolute Gasteiger partial charge is 0.142 e. The number of rotatable bonds is 4. The predicted octanol–water partition coefficient (Wildman–Crippen LogP) is 3.75. The molecule has 0 saturated carbocycles. The Hall–Kier alpha value is -1.00. The van der Waals surface area contributed by atoms with E-state index >= 15 is 0 Å². The fourth-order valence-electron chi connectivity index (χ4n) is 2.05. The van der Waals surface area contributed by atoms with Crippen LogP contribution in [0.3, 0.4) is 0 Å². The van der Waals surface area contributed by atoms with Crippen LogP contribution in [0.1, 0.15) is 25.1 Å². The van der Waals surface area contributed by atoms with Crippen LogP contribution < -0.4 is 10.1 Å². The number of H-pyrrole nitrogens is 1. The first-order valence-electron chi connectivity index (χ1n) is 6.11. The van der Waals surface area contributed by atoms with Crippen LogP contribution in [0.4, 0.5) is 0 Å². The summed E-state index contributed by atoms with van der Waals surface area (Å²) in [5, 5.41) is 4.62. The second-order valence-corrected chi connectivity index (χ2v) is 5.58. The molecule has 0 aliphatic rings. The number of hydrogen-bond acceptors (Lipinski definition) is 2. The summed E-state index contributed by atoms with van der Waals surface area (Å²) in [6.45, 7) is 7.21. The van der Waals surface area contributed by atoms with Gasteiger partial charge < -0.3 is 15.0 Å². The molecule has 2 aromatic rings. The standard InChI is InChI=1S/C14H19BrN2O/c1-8(2)16-7-10-13(15)12-9(3)5-6-11(18-4)14(12)17-10/h5-6,8,16-17H,7H2,1-4H3. The fourth-order valence-corrected chi connectivity index (χ4v) is 2.80. The van der Waals surface area contributed by atoms with Gasteiger partial charge in [0.1, 0.15) is 5.75 Å². The molecule has 0 saturated heterocycles. The lowest BCUT2D eigenvalue weighted by atomic mass is 10.1. The Morgan fingerprint density at radius 1 is 1.39 bits per heavy atom. The van der Waals surface area contributed by atoms with Gasteiger partial charge in [0.25, 0.3) is 0 Å². The van der Waals surface area contributed by atoms with Crippen LogP contribution in [0.15, 0.2) is 16.6 Å². The zero-order chi connectivity index (χ0) is 13.3. The summed E-state index contributed by atoms with van der Waals surface area (Å²) in [4.78, 5) is 3.45. The molecule has 0 bridgehead atoms. The van der Waals surface area contributed by atoms with E-state index in [1.807, 2.05) is 6.07 Å². The van der Waals surface area contributed by atoms with E-state index in [2.05, 4.69) is 53.1 Å². The average molecular weight is 311 g/mol. The molecule has 0 amide bonds. The predicted molar refractivity (Wildman–Crippen MR) is 79.3 cm³/mol. The van der Waals surface area contributed by atoms with Crippen LogP contribution in [-0.2, 0) is 6.54 Å². The zero-order valence-corrected chi connectivity index (χ0v) is 12.8. The second-order valence-electron chi connectivity index (χ2n) is 4.79. The lowest BCUT2D eigenvalue weighted by molar-refractivity contribution is 0.419. The van der Waals surface area contributed by atoms with Gasteiger partial charge in [-0.1, -0.05) is 19.9 Å². The molecule has 0 unspecified atom stereocenters. The molecule has 0 aliphatic heterocycles. The molecule has 0 fully saturated rings. The molecule has 1 aromatic carbocycles. The van der Waals surface area contributed by atoms with Gasteiger partial charge in [0.15, 0.2) is 0 Å². The molecule has 1 aromatic heterocycles. The zero-order valence-electron chi connectivity index (χ0n) is 11.2. The minimum absolute atomic E-state index is 0.464. The molecular weight excluding hydrogens is 292 g/mol. The number of aromatic amines is 1. The highest BCUT2D eigenvalue weighted by Crippen LogP contribution is 2.35. The van der Waals surface area contributed by atoms with Crippen molar-refractivity contribution in [3.63, 3.8) is 0 Å². The van der Waals surface area contributed by atoms with Gasteiger partial charge in [-0.15, -0.1) is 0 Å². The number of halogens is 1. The third-order valence-corrected chi connectivity index (χ3v) is 3.92. The minimum atomic E-state index is 0.464. The highest BCUT2D eigenvalue weighted by atomic mass is 79.9. The Morgan fingerprint density at radius 3 is 2.72 bits per heavy atom. The van der Waals surface area contributed by atoms with E-state index in [0.29, 0.717) is 6.04 Å². The van der Waals surface area contributed by atoms with Crippen molar-refractivity contribution in [2.24, 2.45) is 0 Å². The summed E-state index contributed by atoms with van der Waals surface area (Å²) >= 11 is 3.69. The molecule has 1 heterocycles. The van der Waals surface area contributed by atoms with E-state index in [-0.39, 0.29) is 0 Å². The van der Waals surface area contributed by atoms with Crippen LogP contribution in [0.5, 0.6) is 5.75 Å². The topological polar surface area (TPSA) is 37.0 Å². The van der Waals surface area contributed by atoms with E-state index in [4.69, 9.17) is 4.74 Å². The maximum Gasteiger partial charge on any atom is 0.142 e. The summed E-state index contributed by atoms with van der Waals surface area (Å²) in [7, 11) is 1.70. The third kappa shape index (κ3) is 2.40. The van der Waals surface area contributed by atoms with Gasteiger partial charge in [-0.2, -0.15) is 0 Å². The molecule has 0 atom stereocenters. The summed E-state index contributed by atoms with van der Waals surface area (Å²) < 4.78 is 6.53. The Bertz CT molecular complexity index is 560. The van der Waals surface area contributed by atoms with E-state index in [0.717, 1.165) is 28.0 Å². The van der Waals surface area contributed by atoms with Gasteiger partial charge in [0.2, 0.25) is 0 Å². The lowest BCUT2D eigenvalue weighted by Crippen LogP contribution is -2.22. The van der Waals surface area contributed by atoms with Crippen molar-refractivity contribution in [1.29, 1.82) is 0 Å². The summed E-state index contributed by atoms with van der Waals surface area (Å²) in [5.74, 6) is 0.882. The van der Waals surface area contributed by atoms with Crippen LogP contribution >= 0.6 is 15.9 Å². The van der Waals surface area contributed by atoms with E-state index in [1.165, 1.54) is 10.9 Å². The molecule has 4 heteroatoms. The fraction of sp³-hybridized carbons (Fsp3) is 0.429. The molecule has 0 aliphatic carbocycles. The van der Waals surface area contributed by atoms with Crippen molar-refractivity contribution in [3.8, 4) is 5.75 Å². The van der Waals surface area contributed by atoms with Crippen LogP contribution in [0, 0.1) is 6.92 Å². The number of aromatic nitrogens is 1. The first-order valence-corrected chi connectivity index (χ1v) is 6.91. The Kier molecular flexibility index (Phi) is 3.97. The Labute approximate surface area is 116 Å². The van der Waals surface area contributed by atoms with E-state index in [1.54, 1.807) is 7.11 Å². The molecular formula is C14H19BrN2O. The average Bonchev–Trinajstić information content (AvgIpc) is 2.66.